The molecule has 0 aliphatic carbocycles. The highest BCUT2D eigenvalue weighted by Gasteiger charge is 2.20. The molecule has 0 amide bonds. The second-order valence-electron chi connectivity index (χ2n) is 4.67. The zero-order valence-corrected chi connectivity index (χ0v) is 10.7. The monoisotopic (exact) mass is 235 g/mol. The van der Waals surface area contributed by atoms with E-state index in [0.29, 0.717) is 0 Å². The highest BCUT2D eigenvalue weighted by molar-refractivity contribution is 5.70. The van der Waals surface area contributed by atoms with E-state index in [1.807, 2.05) is 25.1 Å². The molecular weight excluding hydrogens is 214 g/mol. The lowest BCUT2D eigenvalue weighted by Crippen LogP contribution is -2.42. The van der Waals surface area contributed by atoms with Gasteiger partial charge in [-0.05, 0) is 25.8 Å². The van der Waals surface area contributed by atoms with Crippen molar-refractivity contribution in [3.8, 4) is 0 Å². The molecule has 0 bridgehead atoms. The molecule has 0 fully saturated rings. The van der Waals surface area contributed by atoms with Gasteiger partial charge in [0.15, 0.2) is 0 Å². The van der Waals surface area contributed by atoms with Crippen molar-refractivity contribution in [3.63, 3.8) is 0 Å². The molecule has 0 spiro atoms. The molecular formula is C14H21NO2. The molecule has 0 radical (unpaired) electrons. The summed E-state index contributed by atoms with van der Waals surface area (Å²) < 4.78 is 0. The number of hydrogen-bond acceptors (Lipinski definition) is 2. The van der Waals surface area contributed by atoms with Crippen LogP contribution in [0.3, 0.4) is 0 Å². The second kappa shape index (κ2) is 6.40. The number of hydrogen-bond donors (Lipinski definition) is 2. The number of nitrogens with one attached hydrogen (secondary N) is 1. The predicted octanol–water partition coefficient (Wildman–Crippen LogP) is 2.32. The van der Waals surface area contributed by atoms with Crippen LogP contribution >= 0.6 is 0 Å². The van der Waals surface area contributed by atoms with Gasteiger partial charge < -0.3 is 10.4 Å². The molecule has 0 aromatic heterocycles. The molecule has 1 aromatic rings. The lowest BCUT2D eigenvalue weighted by atomic mass is 10.0. The number of carboxylic acids is 1. The predicted molar refractivity (Wildman–Crippen MR) is 69.0 cm³/mol. The SMILES string of the molecule is CC(Cc1ccccc1)NC(C)C(C)C(=O)O. The van der Waals surface area contributed by atoms with Crippen LogP contribution in [0.4, 0.5) is 0 Å². The van der Waals surface area contributed by atoms with Crippen LogP contribution < -0.4 is 5.32 Å². The van der Waals surface area contributed by atoms with Crippen molar-refractivity contribution in [2.24, 2.45) is 5.92 Å². The van der Waals surface area contributed by atoms with Crippen molar-refractivity contribution >= 4 is 5.97 Å². The van der Waals surface area contributed by atoms with Gasteiger partial charge in [-0.2, -0.15) is 0 Å². The average molecular weight is 235 g/mol. The quantitative estimate of drug-likeness (QED) is 0.795. The van der Waals surface area contributed by atoms with E-state index in [4.69, 9.17) is 5.11 Å². The summed E-state index contributed by atoms with van der Waals surface area (Å²) in [6, 6.07) is 10.5. The largest absolute Gasteiger partial charge is 0.481 e. The van der Waals surface area contributed by atoms with Gasteiger partial charge in [-0.25, -0.2) is 0 Å². The first-order valence-corrected chi connectivity index (χ1v) is 6.03. The van der Waals surface area contributed by atoms with Gasteiger partial charge in [0.25, 0.3) is 0 Å². The standard InChI is InChI=1S/C14H21NO2/c1-10(9-13-7-5-4-6-8-13)15-12(3)11(2)14(16)17/h4-8,10-12,15H,9H2,1-3H3,(H,16,17). The maximum Gasteiger partial charge on any atom is 0.307 e. The summed E-state index contributed by atoms with van der Waals surface area (Å²) in [7, 11) is 0. The minimum atomic E-state index is -0.753. The van der Waals surface area contributed by atoms with Crippen LogP contribution in [0.2, 0.25) is 0 Å². The summed E-state index contributed by atoms with van der Waals surface area (Å²) in [5, 5.41) is 12.2. The summed E-state index contributed by atoms with van der Waals surface area (Å²) in [5.74, 6) is -1.12. The first-order chi connectivity index (χ1) is 8.00. The lowest BCUT2D eigenvalue weighted by molar-refractivity contribution is -0.142. The zero-order chi connectivity index (χ0) is 12.8. The Bertz CT molecular complexity index is 350. The molecule has 17 heavy (non-hydrogen) atoms. The van der Waals surface area contributed by atoms with Crippen LogP contribution in [-0.4, -0.2) is 23.2 Å². The Hall–Kier alpha value is -1.35. The summed E-state index contributed by atoms with van der Waals surface area (Å²) in [4.78, 5) is 10.8. The van der Waals surface area contributed by atoms with Gasteiger partial charge in [0.2, 0.25) is 0 Å². The molecule has 3 atom stereocenters. The van der Waals surface area contributed by atoms with Crippen molar-refractivity contribution in [1.82, 2.24) is 5.32 Å². The maximum atomic E-state index is 10.8. The van der Waals surface area contributed by atoms with E-state index < -0.39 is 5.97 Å². The molecule has 0 saturated carbocycles. The molecule has 0 saturated heterocycles. The van der Waals surface area contributed by atoms with E-state index >= 15 is 0 Å². The van der Waals surface area contributed by atoms with E-state index in [0.717, 1.165) is 6.42 Å². The van der Waals surface area contributed by atoms with Crippen LogP contribution in [0.15, 0.2) is 30.3 Å². The maximum absolute atomic E-state index is 10.8. The van der Waals surface area contributed by atoms with Gasteiger partial charge in [0, 0.05) is 12.1 Å². The Morgan fingerprint density at radius 2 is 1.82 bits per heavy atom. The summed E-state index contributed by atoms with van der Waals surface area (Å²) in [6.45, 7) is 5.73. The van der Waals surface area contributed by atoms with E-state index in [9.17, 15) is 4.79 Å². The smallest absolute Gasteiger partial charge is 0.307 e. The van der Waals surface area contributed by atoms with E-state index in [1.54, 1.807) is 6.92 Å². The third-order valence-corrected chi connectivity index (χ3v) is 3.07. The van der Waals surface area contributed by atoms with Crippen molar-refractivity contribution in [3.05, 3.63) is 35.9 Å². The number of rotatable bonds is 6. The minimum absolute atomic E-state index is 0.0220. The Morgan fingerprint density at radius 1 is 1.24 bits per heavy atom. The Kier molecular flexibility index (Phi) is 5.16. The van der Waals surface area contributed by atoms with Gasteiger partial charge in [-0.15, -0.1) is 0 Å². The highest BCUT2D eigenvalue weighted by atomic mass is 16.4. The van der Waals surface area contributed by atoms with E-state index in [2.05, 4.69) is 24.4 Å². The van der Waals surface area contributed by atoms with Crippen LogP contribution in [0.1, 0.15) is 26.3 Å². The highest BCUT2D eigenvalue weighted by Crippen LogP contribution is 2.07. The first kappa shape index (κ1) is 13.7. The van der Waals surface area contributed by atoms with Crippen molar-refractivity contribution in [1.29, 1.82) is 0 Å². The van der Waals surface area contributed by atoms with Crippen LogP contribution in [0, 0.1) is 5.92 Å². The van der Waals surface area contributed by atoms with Gasteiger partial charge in [0.1, 0.15) is 0 Å². The third-order valence-electron chi connectivity index (χ3n) is 3.07. The van der Waals surface area contributed by atoms with Gasteiger partial charge >= 0.3 is 5.97 Å². The Labute approximate surface area is 103 Å². The van der Waals surface area contributed by atoms with E-state index in [-0.39, 0.29) is 18.0 Å². The summed E-state index contributed by atoms with van der Waals surface area (Å²) >= 11 is 0. The third kappa shape index (κ3) is 4.57. The number of carbonyl (C=O) groups is 1. The molecule has 1 aromatic carbocycles. The van der Waals surface area contributed by atoms with Crippen molar-refractivity contribution in [2.45, 2.75) is 39.3 Å². The fourth-order valence-corrected chi connectivity index (χ4v) is 1.83. The molecule has 0 aliphatic rings. The van der Waals surface area contributed by atoms with Crippen molar-refractivity contribution in [2.75, 3.05) is 0 Å². The molecule has 2 N–H and O–H groups in total. The molecule has 0 aliphatic heterocycles. The van der Waals surface area contributed by atoms with Gasteiger partial charge in [-0.3, -0.25) is 4.79 Å². The molecule has 0 heterocycles. The topological polar surface area (TPSA) is 49.3 Å². The van der Waals surface area contributed by atoms with Crippen LogP contribution in [0.25, 0.3) is 0 Å². The Balaban J connectivity index is 2.44. The molecule has 94 valence electrons. The summed E-state index contributed by atoms with van der Waals surface area (Å²) in [5.41, 5.74) is 1.27. The van der Waals surface area contributed by atoms with Gasteiger partial charge in [0.05, 0.1) is 5.92 Å². The minimum Gasteiger partial charge on any atom is -0.481 e. The number of aliphatic carboxylic acids is 1. The molecule has 1 rings (SSSR count). The summed E-state index contributed by atoms with van der Waals surface area (Å²) in [6.07, 6.45) is 0.914. The fourth-order valence-electron chi connectivity index (χ4n) is 1.83. The number of carboxylic acid groups (broad SMARTS) is 1. The Morgan fingerprint density at radius 3 is 2.35 bits per heavy atom. The average Bonchev–Trinajstić information content (AvgIpc) is 2.28. The first-order valence-electron chi connectivity index (χ1n) is 6.03. The van der Waals surface area contributed by atoms with Crippen LogP contribution in [0.5, 0.6) is 0 Å². The normalized spacial score (nSPS) is 16.2. The van der Waals surface area contributed by atoms with Crippen molar-refractivity contribution < 1.29 is 9.90 Å². The zero-order valence-electron chi connectivity index (χ0n) is 10.7. The van der Waals surface area contributed by atoms with Crippen LogP contribution in [-0.2, 0) is 11.2 Å². The second-order valence-corrected chi connectivity index (χ2v) is 4.67. The molecule has 3 unspecified atom stereocenters. The molecule has 3 heteroatoms. The van der Waals surface area contributed by atoms with Gasteiger partial charge in [-0.1, -0.05) is 37.3 Å². The molecule has 3 nitrogen and oxygen atoms in total. The number of benzene rings is 1. The fraction of sp³-hybridized carbons (Fsp3) is 0.500. The lowest BCUT2D eigenvalue weighted by Gasteiger charge is -2.23. The van der Waals surface area contributed by atoms with E-state index in [1.165, 1.54) is 5.56 Å².